The van der Waals surface area contributed by atoms with E-state index in [1.165, 1.54) is 12.7 Å². The number of aryl methyl sites for hydroxylation is 1. The lowest BCUT2D eigenvalue weighted by Crippen LogP contribution is -2.02. The van der Waals surface area contributed by atoms with Crippen LogP contribution in [-0.2, 0) is 28.6 Å². The van der Waals surface area contributed by atoms with Crippen molar-refractivity contribution in [1.29, 1.82) is 0 Å². The smallest absolute Gasteiger partial charge is 0.384 e. The third-order valence-electron chi connectivity index (χ3n) is 5.37. The maximum absolute atomic E-state index is 10.9. The van der Waals surface area contributed by atoms with Gasteiger partial charge in [0.05, 0.1) is 47.1 Å². The lowest BCUT2D eigenvalue weighted by atomic mass is 10.2. The van der Waals surface area contributed by atoms with Crippen LogP contribution in [0.25, 0.3) is 0 Å². The molecule has 0 aromatic heterocycles. The maximum atomic E-state index is 10.9. The summed E-state index contributed by atoms with van der Waals surface area (Å²) in [5.74, 6) is 14.4. The molecule has 3 aromatic carbocycles. The average molecular weight is 704 g/mol. The van der Waals surface area contributed by atoms with Crippen LogP contribution >= 0.6 is 0 Å². The first-order valence-corrected chi connectivity index (χ1v) is 14.7. The quantitative estimate of drug-likeness (QED) is 0.0895. The number of carbonyl (C=O) groups is 3. The summed E-state index contributed by atoms with van der Waals surface area (Å²) in [6, 6.07) is 25.1. The molecule has 0 unspecified atom stereocenters. The van der Waals surface area contributed by atoms with E-state index in [0.29, 0.717) is 32.8 Å². The minimum absolute atomic E-state index is 0. The molecule has 0 fully saturated rings. The first-order valence-electron chi connectivity index (χ1n) is 14.7. The molecule has 278 valence electrons. The molecule has 3 rings (SSSR count). The van der Waals surface area contributed by atoms with E-state index in [2.05, 4.69) is 65.7 Å². The highest BCUT2D eigenvalue weighted by Gasteiger charge is 1.94. The zero-order valence-electron chi connectivity index (χ0n) is 27.4. The third kappa shape index (κ3) is 27.6. The molecule has 0 atom stereocenters. The lowest BCUT2D eigenvalue weighted by Gasteiger charge is -2.03. The van der Waals surface area contributed by atoms with Gasteiger partial charge in [-0.2, -0.15) is 0 Å². The van der Waals surface area contributed by atoms with Gasteiger partial charge in [-0.1, -0.05) is 83.4 Å². The van der Waals surface area contributed by atoms with Gasteiger partial charge in [0.15, 0.2) is 0 Å². The van der Waals surface area contributed by atoms with Crippen LogP contribution in [0.1, 0.15) is 49.1 Å². The van der Waals surface area contributed by atoms with Crippen molar-refractivity contribution in [2.24, 2.45) is 0 Å². The van der Waals surface area contributed by atoms with Gasteiger partial charge in [-0.05, 0) is 69.3 Å². The molecule has 0 amide bonds. The second kappa shape index (κ2) is 33.8. The number of para-hydroxylation sites is 1. The predicted molar refractivity (Wildman–Crippen MR) is 212 cm³/mol. The number of nitrogens with one attached hydrogen (secondary N) is 3. The topological polar surface area (TPSA) is 124 Å². The molecule has 0 aliphatic rings. The predicted octanol–water partition coefficient (Wildman–Crippen LogP) is 7.47. The molecular formula is C41H57N3O7. The Morgan fingerprint density at radius 2 is 0.922 bits per heavy atom. The van der Waals surface area contributed by atoms with Crippen LogP contribution in [0.15, 0.2) is 78.9 Å². The highest BCUT2D eigenvalue weighted by Crippen LogP contribution is 2.14. The van der Waals surface area contributed by atoms with Gasteiger partial charge < -0.3 is 34.9 Å². The van der Waals surface area contributed by atoms with E-state index < -0.39 is 17.9 Å². The van der Waals surface area contributed by atoms with E-state index in [1.807, 2.05) is 85.8 Å². The molecule has 10 nitrogen and oxygen atoms in total. The standard InChI is InChI=1S/C13H15NO3.2C12H13NO2.4CH4/c1-3-17-13(15)5-4-10-14-11-6-8-12(16-2)9-7-11;1-10-5-7-11(8-6-10)13-9-3-4-12(14)15-2;1-2-15-12(14)9-6-10-13-11-7-4-3-5-8-11;;;;/h6-9,14H,3,10H2,1-2H3;5-8,13H,9H2,1-2H3;3-5,7-8,13H,2,10H2,1H3;4*1H4. The number of rotatable bonds is 9. The maximum Gasteiger partial charge on any atom is 0.384 e. The van der Waals surface area contributed by atoms with E-state index >= 15 is 0 Å². The van der Waals surface area contributed by atoms with Crippen molar-refractivity contribution in [2.45, 2.75) is 50.5 Å². The number of esters is 3. The Morgan fingerprint density at radius 1 is 0.549 bits per heavy atom. The zero-order valence-corrected chi connectivity index (χ0v) is 27.4. The zero-order chi connectivity index (χ0) is 34.5. The van der Waals surface area contributed by atoms with Gasteiger partial charge >= 0.3 is 17.9 Å². The van der Waals surface area contributed by atoms with Crippen molar-refractivity contribution in [3.05, 3.63) is 84.4 Å². The Kier molecular flexibility index (Phi) is 34.4. The lowest BCUT2D eigenvalue weighted by molar-refractivity contribution is -0.137. The van der Waals surface area contributed by atoms with Crippen LogP contribution in [0.4, 0.5) is 17.1 Å². The summed E-state index contributed by atoms with van der Waals surface area (Å²) in [4.78, 5) is 32.4. The molecule has 51 heavy (non-hydrogen) atoms. The van der Waals surface area contributed by atoms with Gasteiger partial charge in [-0.3, -0.25) is 0 Å². The van der Waals surface area contributed by atoms with Gasteiger partial charge in [-0.25, -0.2) is 14.4 Å². The Hall–Kier alpha value is -6.05. The first kappa shape index (κ1) is 51.8. The van der Waals surface area contributed by atoms with Gasteiger partial charge in [0.25, 0.3) is 0 Å². The van der Waals surface area contributed by atoms with Crippen molar-refractivity contribution in [2.75, 3.05) is 63.0 Å². The molecule has 3 aromatic rings. The Bertz CT molecular complexity index is 1540. The second-order valence-electron chi connectivity index (χ2n) is 8.86. The fourth-order valence-corrected chi connectivity index (χ4v) is 3.11. The Morgan fingerprint density at radius 3 is 1.29 bits per heavy atom. The molecule has 10 heteroatoms. The van der Waals surface area contributed by atoms with E-state index in [1.54, 1.807) is 21.0 Å². The highest BCUT2D eigenvalue weighted by atomic mass is 16.5. The van der Waals surface area contributed by atoms with E-state index in [0.717, 1.165) is 22.8 Å². The Balaban J connectivity index is -0.000000313. The van der Waals surface area contributed by atoms with E-state index in [9.17, 15) is 14.4 Å². The van der Waals surface area contributed by atoms with Crippen LogP contribution in [0.3, 0.4) is 0 Å². The summed E-state index contributed by atoms with van der Waals surface area (Å²) in [6.45, 7) is 7.49. The fraction of sp³-hybridized carbons (Fsp3) is 0.341. The number of hydrogen-bond acceptors (Lipinski definition) is 10. The Labute approximate surface area is 307 Å². The number of anilines is 3. The second-order valence-corrected chi connectivity index (χ2v) is 8.86. The molecule has 0 saturated heterocycles. The molecule has 0 aliphatic heterocycles. The number of hydrogen-bond donors (Lipinski definition) is 3. The number of methoxy groups -OCH3 is 2. The summed E-state index contributed by atoms with van der Waals surface area (Å²) < 4.78 is 18.7. The average Bonchev–Trinajstić information content (AvgIpc) is 3.09. The third-order valence-corrected chi connectivity index (χ3v) is 5.37. The molecule has 0 bridgehead atoms. The van der Waals surface area contributed by atoms with Gasteiger partial charge in [0, 0.05) is 34.8 Å². The summed E-state index contributed by atoms with van der Waals surface area (Å²) in [6.07, 6.45) is 0. The van der Waals surface area contributed by atoms with Crippen molar-refractivity contribution in [3.8, 4) is 41.3 Å². The first-order chi connectivity index (χ1) is 22.8. The SMILES string of the molecule is C.C.C.C.CCOC(=O)C#CCNc1ccc(OC)cc1.CCOC(=O)C#CCNc1ccccc1.COC(=O)C#CCNc1ccc(C)cc1. The van der Waals surface area contributed by atoms with Crippen LogP contribution < -0.4 is 20.7 Å². The normalized spacial score (nSPS) is 8.02. The monoisotopic (exact) mass is 703 g/mol. The van der Waals surface area contributed by atoms with Gasteiger partial charge in [0.1, 0.15) is 5.75 Å². The largest absolute Gasteiger partial charge is 0.497 e. The number of ether oxygens (including phenoxy) is 4. The number of benzene rings is 3. The van der Waals surface area contributed by atoms with Crippen LogP contribution in [0.2, 0.25) is 0 Å². The van der Waals surface area contributed by atoms with E-state index in [4.69, 9.17) is 4.74 Å². The van der Waals surface area contributed by atoms with Crippen LogP contribution in [-0.4, -0.2) is 65.0 Å². The molecule has 0 saturated carbocycles. The molecule has 0 radical (unpaired) electrons. The van der Waals surface area contributed by atoms with Crippen molar-refractivity contribution in [3.63, 3.8) is 0 Å². The summed E-state index contributed by atoms with van der Waals surface area (Å²) >= 11 is 0. The van der Waals surface area contributed by atoms with Crippen molar-refractivity contribution < 1.29 is 33.3 Å². The fourth-order valence-electron chi connectivity index (χ4n) is 3.11. The van der Waals surface area contributed by atoms with Crippen molar-refractivity contribution >= 4 is 35.0 Å². The molecule has 0 heterocycles. The molecular weight excluding hydrogens is 646 g/mol. The molecule has 0 aliphatic carbocycles. The summed E-state index contributed by atoms with van der Waals surface area (Å²) in [5.41, 5.74) is 4.10. The highest BCUT2D eigenvalue weighted by molar-refractivity contribution is 5.89. The van der Waals surface area contributed by atoms with E-state index in [-0.39, 0.29) is 29.7 Å². The minimum atomic E-state index is -0.513. The number of carbonyl (C=O) groups excluding carboxylic acids is 3. The van der Waals surface area contributed by atoms with Gasteiger partial charge in [0.2, 0.25) is 0 Å². The van der Waals surface area contributed by atoms with Crippen molar-refractivity contribution in [1.82, 2.24) is 0 Å². The summed E-state index contributed by atoms with van der Waals surface area (Å²) in [5, 5.41) is 9.19. The molecule has 0 spiro atoms. The van der Waals surface area contributed by atoms with Crippen LogP contribution in [0, 0.1) is 42.4 Å². The molecule has 3 N–H and O–H groups in total. The summed E-state index contributed by atoms with van der Waals surface area (Å²) in [7, 11) is 2.93. The van der Waals surface area contributed by atoms with Crippen LogP contribution in [0.5, 0.6) is 5.75 Å². The minimum Gasteiger partial charge on any atom is -0.497 e. The van der Waals surface area contributed by atoms with Gasteiger partial charge in [-0.15, -0.1) is 0 Å².